The molecule has 4 nitrogen and oxygen atoms in total. The number of morpholine rings is 1. The van der Waals surface area contributed by atoms with Crippen LogP contribution in [0.2, 0.25) is 0 Å². The van der Waals surface area contributed by atoms with Crippen molar-refractivity contribution in [2.45, 2.75) is 25.4 Å². The average molecular weight is 292 g/mol. The number of rotatable bonds is 8. The van der Waals surface area contributed by atoms with E-state index in [9.17, 15) is 0 Å². The minimum atomic E-state index is 0.355. The summed E-state index contributed by atoms with van der Waals surface area (Å²) in [7, 11) is 1.77. The van der Waals surface area contributed by atoms with Crippen molar-refractivity contribution in [2.24, 2.45) is 0 Å². The summed E-state index contributed by atoms with van der Waals surface area (Å²) in [6.45, 7) is 7.86. The maximum atomic E-state index is 5.40. The van der Waals surface area contributed by atoms with E-state index in [2.05, 4.69) is 47.5 Å². The monoisotopic (exact) mass is 292 g/mol. The Labute approximate surface area is 128 Å². The molecule has 1 fully saturated rings. The predicted molar refractivity (Wildman–Crippen MR) is 85.7 cm³/mol. The fourth-order valence-corrected chi connectivity index (χ4v) is 2.89. The average Bonchev–Trinajstić information content (AvgIpc) is 2.49. The molecule has 0 saturated carbocycles. The molecule has 0 aromatic heterocycles. The molecule has 0 amide bonds. The second-order valence-electron chi connectivity index (χ2n) is 5.82. The van der Waals surface area contributed by atoms with Gasteiger partial charge in [-0.15, -0.1) is 0 Å². The number of ether oxygens (including phenoxy) is 2. The molecular weight excluding hydrogens is 264 g/mol. The summed E-state index contributed by atoms with van der Waals surface area (Å²) in [5.41, 5.74) is 1.35. The normalized spacial score (nSPS) is 19.3. The van der Waals surface area contributed by atoms with Crippen LogP contribution >= 0.6 is 0 Å². The van der Waals surface area contributed by atoms with E-state index in [1.165, 1.54) is 5.56 Å². The van der Waals surface area contributed by atoms with Gasteiger partial charge in [0.25, 0.3) is 0 Å². The number of nitrogens with zero attached hydrogens (tertiary/aromatic N) is 1. The number of benzene rings is 1. The Balaban J connectivity index is 1.80. The molecule has 0 aliphatic carbocycles. The van der Waals surface area contributed by atoms with Crippen LogP contribution in [0.15, 0.2) is 30.3 Å². The van der Waals surface area contributed by atoms with Crippen LogP contribution in [0.5, 0.6) is 0 Å². The van der Waals surface area contributed by atoms with Crippen molar-refractivity contribution in [3.63, 3.8) is 0 Å². The third kappa shape index (κ3) is 6.14. The Morgan fingerprint density at radius 2 is 1.95 bits per heavy atom. The predicted octanol–water partition coefficient (Wildman–Crippen LogP) is 1.55. The van der Waals surface area contributed by atoms with E-state index in [0.29, 0.717) is 12.1 Å². The molecule has 1 heterocycles. The third-order valence-electron chi connectivity index (χ3n) is 3.85. The van der Waals surface area contributed by atoms with Gasteiger partial charge >= 0.3 is 0 Å². The summed E-state index contributed by atoms with van der Waals surface area (Å²) in [6, 6.07) is 11.4. The molecule has 1 aliphatic heterocycles. The quantitative estimate of drug-likeness (QED) is 0.788. The van der Waals surface area contributed by atoms with Gasteiger partial charge in [0.2, 0.25) is 0 Å². The van der Waals surface area contributed by atoms with Crippen LogP contribution in [0.25, 0.3) is 0 Å². The van der Waals surface area contributed by atoms with Crippen LogP contribution in [0, 0.1) is 0 Å². The largest absolute Gasteiger partial charge is 0.383 e. The van der Waals surface area contributed by atoms with Gasteiger partial charge in [-0.3, -0.25) is 4.90 Å². The maximum Gasteiger partial charge on any atom is 0.0619 e. The van der Waals surface area contributed by atoms with E-state index in [1.807, 2.05) is 0 Å². The summed E-state index contributed by atoms with van der Waals surface area (Å²) in [5.74, 6) is 0. The highest BCUT2D eigenvalue weighted by Gasteiger charge is 2.17. The van der Waals surface area contributed by atoms with Crippen molar-refractivity contribution in [3.05, 3.63) is 35.9 Å². The highest BCUT2D eigenvalue weighted by molar-refractivity contribution is 5.16. The van der Waals surface area contributed by atoms with Crippen LogP contribution in [-0.4, -0.2) is 63.5 Å². The van der Waals surface area contributed by atoms with Gasteiger partial charge in [-0.2, -0.15) is 0 Å². The fraction of sp³-hybridized carbons (Fsp3) is 0.647. The standard InChI is InChI=1S/C17H28N2O2/c1-15(13-19-8-10-21-11-9-19)18-17(14-20-2)12-16-6-4-3-5-7-16/h3-7,15,17-18H,8-14H2,1-2H3/t15-,17-/m0/s1. The third-order valence-corrected chi connectivity index (χ3v) is 3.85. The van der Waals surface area contributed by atoms with Gasteiger partial charge in [-0.25, -0.2) is 0 Å². The van der Waals surface area contributed by atoms with Crippen molar-refractivity contribution in [3.8, 4) is 0 Å². The number of hydrogen-bond acceptors (Lipinski definition) is 4. The van der Waals surface area contributed by atoms with Gasteiger partial charge in [0.1, 0.15) is 0 Å². The lowest BCUT2D eigenvalue weighted by atomic mass is 10.1. The van der Waals surface area contributed by atoms with Crippen molar-refractivity contribution >= 4 is 0 Å². The Kier molecular flexibility index (Phi) is 7.16. The smallest absolute Gasteiger partial charge is 0.0619 e. The minimum Gasteiger partial charge on any atom is -0.383 e. The van der Waals surface area contributed by atoms with Crippen LogP contribution in [0.1, 0.15) is 12.5 Å². The van der Waals surface area contributed by atoms with Crippen LogP contribution in [-0.2, 0) is 15.9 Å². The molecule has 0 spiro atoms. The van der Waals surface area contributed by atoms with Crippen molar-refractivity contribution in [1.82, 2.24) is 10.2 Å². The molecule has 1 aromatic carbocycles. The van der Waals surface area contributed by atoms with Crippen molar-refractivity contribution in [2.75, 3.05) is 46.6 Å². The van der Waals surface area contributed by atoms with E-state index in [-0.39, 0.29) is 0 Å². The Morgan fingerprint density at radius 3 is 2.62 bits per heavy atom. The zero-order chi connectivity index (χ0) is 14.9. The maximum absolute atomic E-state index is 5.40. The lowest BCUT2D eigenvalue weighted by Crippen LogP contribution is -2.48. The molecule has 0 bridgehead atoms. The van der Waals surface area contributed by atoms with E-state index >= 15 is 0 Å². The first-order chi connectivity index (χ1) is 10.3. The van der Waals surface area contributed by atoms with Crippen molar-refractivity contribution < 1.29 is 9.47 Å². The van der Waals surface area contributed by atoms with Gasteiger partial charge in [-0.1, -0.05) is 30.3 Å². The summed E-state index contributed by atoms with van der Waals surface area (Å²) in [4.78, 5) is 2.47. The van der Waals surface area contributed by atoms with Gasteiger partial charge in [-0.05, 0) is 18.9 Å². The number of methoxy groups -OCH3 is 1. The first-order valence-electron chi connectivity index (χ1n) is 7.87. The SMILES string of the molecule is COC[C@H](Cc1ccccc1)N[C@@H](C)CN1CCOCC1. The molecule has 2 atom stereocenters. The summed E-state index contributed by atoms with van der Waals surface area (Å²) < 4.78 is 10.8. The molecule has 1 aliphatic rings. The molecule has 2 rings (SSSR count). The molecular formula is C17H28N2O2. The summed E-state index contributed by atoms with van der Waals surface area (Å²) in [5, 5.41) is 3.71. The summed E-state index contributed by atoms with van der Waals surface area (Å²) in [6.07, 6.45) is 1.00. The van der Waals surface area contributed by atoms with Crippen LogP contribution < -0.4 is 5.32 Å². The highest BCUT2D eigenvalue weighted by atomic mass is 16.5. The number of hydrogen-bond donors (Lipinski definition) is 1. The minimum absolute atomic E-state index is 0.355. The van der Waals surface area contributed by atoms with Crippen LogP contribution in [0.3, 0.4) is 0 Å². The van der Waals surface area contributed by atoms with Gasteiger partial charge in [0, 0.05) is 38.8 Å². The van der Waals surface area contributed by atoms with Crippen molar-refractivity contribution in [1.29, 1.82) is 0 Å². The highest BCUT2D eigenvalue weighted by Crippen LogP contribution is 2.05. The number of nitrogens with one attached hydrogen (secondary N) is 1. The molecule has 1 aromatic rings. The lowest BCUT2D eigenvalue weighted by molar-refractivity contribution is 0.0330. The fourth-order valence-electron chi connectivity index (χ4n) is 2.89. The zero-order valence-electron chi connectivity index (χ0n) is 13.3. The van der Waals surface area contributed by atoms with Gasteiger partial charge in [0.15, 0.2) is 0 Å². The van der Waals surface area contributed by atoms with Gasteiger partial charge in [0.05, 0.1) is 19.8 Å². The lowest BCUT2D eigenvalue weighted by Gasteiger charge is -2.31. The molecule has 0 unspecified atom stereocenters. The molecule has 1 saturated heterocycles. The Hall–Kier alpha value is -0.940. The van der Waals surface area contributed by atoms with E-state index in [4.69, 9.17) is 9.47 Å². The van der Waals surface area contributed by atoms with E-state index < -0.39 is 0 Å². The second kappa shape index (κ2) is 9.15. The first kappa shape index (κ1) is 16.4. The van der Waals surface area contributed by atoms with Crippen LogP contribution in [0.4, 0.5) is 0 Å². The zero-order valence-corrected chi connectivity index (χ0v) is 13.3. The second-order valence-corrected chi connectivity index (χ2v) is 5.82. The first-order valence-corrected chi connectivity index (χ1v) is 7.87. The van der Waals surface area contributed by atoms with E-state index in [1.54, 1.807) is 7.11 Å². The molecule has 4 heteroatoms. The molecule has 1 N–H and O–H groups in total. The topological polar surface area (TPSA) is 33.7 Å². The Bertz CT molecular complexity index is 380. The molecule has 0 radical (unpaired) electrons. The van der Waals surface area contributed by atoms with Gasteiger partial charge < -0.3 is 14.8 Å². The Morgan fingerprint density at radius 1 is 1.24 bits per heavy atom. The summed E-state index contributed by atoms with van der Waals surface area (Å²) >= 11 is 0. The van der Waals surface area contributed by atoms with E-state index in [0.717, 1.165) is 45.9 Å². The molecule has 118 valence electrons. The molecule has 21 heavy (non-hydrogen) atoms.